The van der Waals surface area contributed by atoms with Crippen molar-refractivity contribution in [2.45, 2.75) is 26.7 Å². The van der Waals surface area contributed by atoms with Gasteiger partial charge in [-0.1, -0.05) is 43.7 Å². The number of amides is 2. The summed E-state index contributed by atoms with van der Waals surface area (Å²) >= 11 is 6.31. The molecule has 0 aliphatic rings. The predicted octanol–water partition coefficient (Wildman–Crippen LogP) is 3.33. The second-order valence-electron chi connectivity index (χ2n) is 4.70. The molecule has 1 aromatic carbocycles. The van der Waals surface area contributed by atoms with Crippen molar-refractivity contribution in [2.24, 2.45) is 10.7 Å². The number of aryl methyl sites for hydroxylation is 1. The van der Waals surface area contributed by atoms with E-state index in [4.69, 9.17) is 17.3 Å². The van der Waals surface area contributed by atoms with E-state index in [0.717, 1.165) is 24.1 Å². The van der Waals surface area contributed by atoms with Gasteiger partial charge in [-0.15, -0.1) is 6.58 Å². The van der Waals surface area contributed by atoms with Crippen molar-refractivity contribution in [2.75, 3.05) is 18.0 Å². The molecule has 0 aromatic heterocycles. The first-order valence-corrected chi connectivity index (χ1v) is 7.69. The monoisotopic (exact) mass is 322 g/mol. The van der Waals surface area contributed by atoms with E-state index in [1.165, 1.54) is 0 Å². The van der Waals surface area contributed by atoms with Crippen molar-refractivity contribution < 1.29 is 4.79 Å². The van der Waals surface area contributed by atoms with Gasteiger partial charge < -0.3 is 5.73 Å². The Morgan fingerprint density at radius 3 is 2.82 bits per heavy atom. The fraction of sp³-hybridized carbons (Fsp3) is 0.375. The third-order valence-electron chi connectivity index (χ3n) is 3.04. The largest absolute Gasteiger partial charge is 0.370 e. The number of para-hydroxylation sites is 1. The highest BCUT2D eigenvalue weighted by molar-refractivity contribution is 6.34. The van der Waals surface area contributed by atoms with Crippen LogP contribution in [0.5, 0.6) is 0 Å². The van der Waals surface area contributed by atoms with Crippen LogP contribution in [0.2, 0.25) is 5.02 Å². The van der Waals surface area contributed by atoms with E-state index in [-0.39, 0.29) is 12.0 Å². The van der Waals surface area contributed by atoms with Crippen molar-refractivity contribution in [1.29, 1.82) is 0 Å². The lowest BCUT2D eigenvalue weighted by atomic mass is 10.1. The van der Waals surface area contributed by atoms with Crippen LogP contribution in [-0.2, 0) is 6.42 Å². The van der Waals surface area contributed by atoms with Gasteiger partial charge in [-0.3, -0.25) is 10.2 Å². The van der Waals surface area contributed by atoms with Gasteiger partial charge in [0, 0.05) is 6.54 Å². The van der Waals surface area contributed by atoms with Crippen molar-refractivity contribution in [3.63, 3.8) is 0 Å². The summed E-state index contributed by atoms with van der Waals surface area (Å²) in [4.78, 5) is 18.1. The van der Waals surface area contributed by atoms with Crippen molar-refractivity contribution in [3.05, 3.63) is 41.4 Å². The number of guanidine groups is 1. The normalized spacial score (nSPS) is 11.1. The van der Waals surface area contributed by atoms with Crippen molar-refractivity contribution in [3.8, 4) is 0 Å². The number of carbonyl (C=O) groups excluding carboxylic acids is 1. The van der Waals surface area contributed by atoms with Gasteiger partial charge in [-0.2, -0.15) is 0 Å². The maximum Gasteiger partial charge on any atom is 0.328 e. The number of anilines is 1. The van der Waals surface area contributed by atoms with Crippen LogP contribution in [0.25, 0.3) is 0 Å². The molecule has 0 radical (unpaired) electrons. The highest BCUT2D eigenvalue weighted by atomic mass is 35.5. The van der Waals surface area contributed by atoms with Crippen LogP contribution in [0.1, 0.15) is 25.8 Å². The third-order valence-corrected chi connectivity index (χ3v) is 3.34. The summed E-state index contributed by atoms with van der Waals surface area (Å²) in [5.41, 5.74) is 7.43. The zero-order valence-corrected chi connectivity index (χ0v) is 13.9. The molecule has 0 saturated heterocycles. The van der Waals surface area contributed by atoms with Gasteiger partial charge in [0.2, 0.25) is 0 Å². The lowest BCUT2D eigenvalue weighted by molar-refractivity contribution is 0.250. The first-order chi connectivity index (χ1) is 10.5. The molecule has 2 amide bonds. The molecule has 0 unspecified atom stereocenters. The first-order valence-electron chi connectivity index (χ1n) is 7.31. The first kappa shape index (κ1) is 18.0. The van der Waals surface area contributed by atoms with Crippen LogP contribution >= 0.6 is 11.6 Å². The molecule has 1 rings (SSSR count). The van der Waals surface area contributed by atoms with E-state index >= 15 is 0 Å². The molecule has 3 N–H and O–H groups in total. The molecular formula is C16H23ClN4O. The lowest BCUT2D eigenvalue weighted by Crippen LogP contribution is -2.46. The number of rotatable bonds is 6. The Kier molecular flexibility index (Phi) is 7.46. The Morgan fingerprint density at radius 1 is 1.50 bits per heavy atom. The zero-order chi connectivity index (χ0) is 16.5. The zero-order valence-electron chi connectivity index (χ0n) is 13.1. The molecule has 0 saturated carbocycles. The number of nitrogens with two attached hydrogens (primary N) is 1. The Hall–Kier alpha value is -2.01. The van der Waals surface area contributed by atoms with E-state index < -0.39 is 0 Å². The van der Waals surface area contributed by atoms with Gasteiger partial charge in [0.15, 0.2) is 5.96 Å². The average Bonchev–Trinajstić information content (AvgIpc) is 2.50. The van der Waals surface area contributed by atoms with Gasteiger partial charge in [0.05, 0.1) is 17.3 Å². The number of hydrogen-bond acceptors (Lipinski definition) is 2. The Bertz CT molecular complexity index is 557. The number of nitrogens with zero attached hydrogens (tertiary/aromatic N) is 2. The minimum Gasteiger partial charge on any atom is -0.370 e. The van der Waals surface area contributed by atoms with Crippen LogP contribution in [-0.4, -0.2) is 25.1 Å². The molecule has 0 aliphatic carbocycles. The molecule has 22 heavy (non-hydrogen) atoms. The van der Waals surface area contributed by atoms with Gasteiger partial charge >= 0.3 is 6.03 Å². The smallest absolute Gasteiger partial charge is 0.328 e. The van der Waals surface area contributed by atoms with E-state index in [0.29, 0.717) is 18.1 Å². The summed E-state index contributed by atoms with van der Waals surface area (Å²) < 4.78 is 0. The van der Waals surface area contributed by atoms with Gasteiger partial charge in [-0.25, -0.2) is 9.79 Å². The summed E-state index contributed by atoms with van der Waals surface area (Å²) in [6.45, 7) is 8.47. The number of hydrogen-bond donors (Lipinski definition) is 2. The summed E-state index contributed by atoms with van der Waals surface area (Å²) in [6.07, 6.45) is 3.18. The molecule has 1 aromatic rings. The summed E-state index contributed by atoms with van der Waals surface area (Å²) in [5, 5.41) is 3.13. The molecule has 0 fully saturated rings. The molecular weight excluding hydrogens is 300 g/mol. The number of halogens is 1. The fourth-order valence-corrected chi connectivity index (χ4v) is 2.36. The molecule has 0 spiro atoms. The standard InChI is InChI=1S/C16H23ClN4O/c1-4-10-19-15(18)20-16(22)21(11-5-2)14-12(6-3)8-7-9-13(14)17/h4,7-9H,1,5-6,10-11H2,2-3H3,(H3,18,19,20,22). The van der Waals surface area contributed by atoms with Crippen molar-refractivity contribution in [1.82, 2.24) is 5.32 Å². The number of nitrogens with one attached hydrogen (secondary N) is 1. The maximum atomic E-state index is 12.5. The van der Waals surface area contributed by atoms with E-state index in [1.54, 1.807) is 17.0 Å². The highest BCUT2D eigenvalue weighted by Gasteiger charge is 2.20. The second-order valence-corrected chi connectivity index (χ2v) is 5.10. The molecule has 6 heteroatoms. The van der Waals surface area contributed by atoms with E-state index in [2.05, 4.69) is 16.9 Å². The SMILES string of the molecule is C=CCN=C(N)NC(=O)N(CCC)c1c(Cl)cccc1CC. The molecule has 0 atom stereocenters. The Morgan fingerprint density at radius 2 is 2.23 bits per heavy atom. The number of carbonyl (C=O) groups is 1. The number of benzene rings is 1. The summed E-state index contributed by atoms with van der Waals surface area (Å²) in [6, 6.07) is 5.29. The lowest BCUT2D eigenvalue weighted by Gasteiger charge is -2.25. The number of aliphatic imine (C=N–C) groups is 1. The minimum absolute atomic E-state index is 0.0658. The van der Waals surface area contributed by atoms with E-state index in [1.807, 2.05) is 26.0 Å². The van der Waals surface area contributed by atoms with Crippen LogP contribution in [0.15, 0.2) is 35.8 Å². The molecule has 0 aliphatic heterocycles. The average molecular weight is 323 g/mol. The summed E-state index contributed by atoms with van der Waals surface area (Å²) in [5.74, 6) is 0.0658. The van der Waals surface area contributed by atoms with Crippen LogP contribution in [0.4, 0.5) is 10.5 Å². The molecule has 5 nitrogen and oxygen atoms in total. The van der Waals surface area contributed by atoms with Gasteiger partial charge in [-0.05, 0) is 24.5 Å². The Balaban J connectivity index is 3.08. The number of urea groups is 1. The second kappa shape index (κ2) is 9.10. The maximum absolute atomic E-state index is 12.5. The minimum atomic E-state index is -0.338. The molecule has 0 heterocycles. The third kappa shape index (κ3) is 4.77. The quantitative estimate of drug-likeness (QED) is 0.479. The fourth-order valence-electron chi connectivity index (χ4n) is 2.07. The predicted molar refractivity (Wildman–Crippen MR) is 93.7 cm³/mol. The van der Waals surface area contributed by atoms with Crippen LogP contribution in [0, 0.1) is 0 Å². The summed E-state index contributed by atoms with van der Waals surface area (Å²) in [7, 11) is 0. The molecule has 120 valence electrons. The van der Waals surface area contributed by atoms with Gasteiger partial charge in [0.25, 0.3) is 0 Å². The van der Waals surface area contributed by atoms with Crippen LogP contribution < -0.4 is 16.0 Å². The van der Waals surface area contributed by atoms with Crippen molar-refractivity contribution >= 4 is 29.3 Å². The molecule has 0 bridgehead atoms. The van der Waals surface area contributed by atoms with E-state index in [9.17, 15) is 4.79 Å². The van der Waals surface area contributed by atoms with Crippen LogP contribution in [0.3, 0.4) is 0 Å². The highest BCUT2D eigenvalue weighted by Crippen LogP contribution is 2.30. The topological polar surface area (TPSA) is 70.7 Å². The Labute approximate surface area is 136 Å². The van der Waals surface area contributed by atoms with Gasteiger partial charge in [0.1, 0.15) is 0 Å².